The van der Waals surface area contributed by atoms with Gasteiger partial charge >= 0.3 is 0 Å². The molecule has 0 heterocycles. The van der Waals surface area contributed by atoms with Crippen molar-refractivity contribution in [2.24, 2.45) is 5.92 Å². The second kappa shape index (κ2) is 2.95. The minimum absolute atomic E-state index is 0.186. The normalized spacial score (nSPS) is 25.7. The highest BCUT2D eigenvalue weighted by molar-refractivity contribution is 5.82. The molecule has 13 heavy (non-hydrogen) atoms. The van der Waals surface area contributed by atoms with Crippen LogP contribution in [0.25, 0.3) is 0 Å². The zero-order chi connectivity index (χ0) is 9.42. The lowest BCUT2D eigenvalue weighted by atomic mass is 10.1. The molecule has 0 spiro atoms. The maximum Gasteiger partial charge on any atom is 0.133 e. The summed E-state index contributed by atoms with van der Waals surface area (Å²) in [6.45, 7) is 1.62. The summed E-state index contributed by atoms with van der Waals surface area (Å²) in [6, 6.07) is 6.43. The fourth-order valence-electron chi connectivity index (χ4n) is 1.72. The smallest absolute Gasteiger partial charge is 0.133 e. The maximum atomic E-state index is 12.6. The lowest BCUT2D eigenvalue weighted by Crippen LogP contribution is -1.94. The van der Waals surface area contributed by atoms with Crippen LogP contribution in [0.15, 0.2) is 24.3 Å². The van der Waals surface area contributed by atoms with Gasteiger partial charge in [0.15, 0.2) is 0 Å². The Morgan fingerprint density at radius 1 is 1.38 bits per heavy atom. The van der Waals surface area contributed by atoms with Crippen molar-refractivity contribution in [1.29, 1.82) is 0 Å². The van der Waals surface area contributed by atoms with Crippen LogP contribution in [0.2, 0.25) is 0 Å². The van der Waals surface area contributed by atoms with Crippen LogP contribution in [0.1, 0.15) is 24.8 Å². The molecule has 1 fully saturated rings. The van der Waals surface area contributed by atoms with Gasteiger partial charge in [0, 0.05) is 5.92 Å². The van der Waals surface area contributed by atoms with Gasteiger partial charge in [0.2, 0.25) is 0 Å². The molecule has 1 saturated carbocycles. The van der Waals surface area contributed by atoms with Crippen molar-refractivity contribution in [2.75, 3.05) is 0 Å². The summed E-state index contributed by atoms with van der Waals surface area (Å²) in [5.41, 5.74) is 1.08. The molecule has 0 unspecified atom stereocenters. The van der Waals surface area contributed by atoms with E-state index in [0.717, 1.165) is 12.0 Å². The van der Waals surface area contributed by atoms with Crippen molar-refractivity contribution in [3.8, 4) is 0 Å². The Hall–Kier alpha value is -1.18. The van der Waals surface area contributed by atoms with E-state index in [-0.39, 0.29) is 17.5 Å². The van der Waals surface area contributed by atoms with Gasteiger partial charge in [-0.3, -0.25) is 4.79 Å². The molecule has 0 radical (unpaired) electrons. The highest BCUT2D eigenvalue weighted by Crippen LogP contribution is 2.47. The minimum Gasteiger partial charge on any atom is -0.300 e. The van der Waals surface area contributed by atoms with Crippen molar-refractivity contribution in [1.82, 2.24) is 0 Å². The van der Waals surface area contributed by atoms with Crippen LogP contribution >= 0.6 is 0 Å². The van der Waals surface area contributed by atoms with Gasteiger partial charge in [0.1, 0.15) is 11.6 Å². The number of halogens is 1. The average molecular weight is 178 g/mol. The summed E-state index contributed by atoms with van der Waals surface area (Å²) in [5, 5.41) is 0. The number of Topliss-reactive ketones (excluding diaryl/α,β-unsaturated/α-hetero) is 1. The molecule has 0 saturated heterocycles. The molecular weight excluding hydrogens is 167 g/mol. The van der Waals surface area contributed by atoms with E-state index >= 15 is 0 Å². The Labute approximate surface area is 76.6 Å². The minimum atomic E-state index is -0.219. The Morgan fingerprint density at radius 3 is 2.46 bits per heavy atom. The fraction of sp³-hybridized carbons (Fsp3) is 0.364. The van der Waals surface area contributed by atoms with Crippen molar-refractivity contribution >= 4 is 5.78 Å². The predicted molar refractivity (Wildman–Crippen MR) is 47.9 cm³/mol. The number of hydrogen-bond acceptors (Lipinski definition) is 1. The van der Waals surface area contributed by atoms with Gasteiger partial charge in [0.05, 0.1) is 0 Å². The number of rotatable bonds is 2. The van der Waals surface area contributed by atoms with E-state index in [2.05, 4.69) is 0 Å². The summed E-state index contributed by atoms with van der Waals surface area (Å²) >= 11 is 0. The number of benzene rings is 1. The number of ketones is 1. The zero-order valence-corrected chi connectivity index (χ0v) is 7.46. The van der Waals surface area contributed by atoms with Gasteiger partial charge in [-0.15, -0.1) is 0 Å². The quantitative estimate of drug-likeness (QED) is 0.680. The second-order valence-corrected chi connectivity index (χ2v) is 3.61. The van der Waals surface area contributed by atoms with Gasteiger partial charge in [-0.2, -0.15) is 0 Å². The molecule has 1 nitrogen and oxygen atoms in total. The summed E-state index contributed by atoms with van der Waals surface area (Å²) in [6.07, 6.45) is 0.932. The molecule has 0 aromatic heterocycles. The van der Waals surface area contributed by atoms with Gasteiger partial charge in [-0.05, 0) is 37.0 Å². The van der Waals surface area contributed by atoms with Crippen LogP contribution in [-0.2, 0) is 4.79 Å². The summed E-state index contributed by atoms with van der Waals surface area (Å²) in [7, 11) is 0. The zero-order valence-electron chi connectivity index (χ0n) is 7.46. The van der Waals surface area contributed by atoms with E-state index in [1.807, 2.05) is 0 Å². The molecule has 2 rings (SSSR count). The van der Waals surface area contributed by atoms with Gasteiger partial charge in [0.25, 0.3) is 0 Å². The number of carbonyl (C=O) groups is 1. The first kappa shape index (κ1) is 8.42. The van der Waals surface area contributed by atoms with Crippen molar-refractivity contribution < 1.29 is 9.18 Å². The third-order valence-electron chi connectivity index (χ3n) is 2.61. The summed E-state index contributed by atoms with van der Waals surface area (Å²) in [4.78, 5) is 11.0. The van der Waals surface area contributed by atoms with Crippen molar-refractivity contribution in [3.63, 3.8) is 0 Å². The lowest BCUT2D eigenvalue weighted by Gasteiger charge is -1.97. The maximum absolute atomic E-state index is 12.6. The Balaban J connectivity index is 2.12. The molecule has 2 atom stereocenters. The molecule has 1 aromatic carbocycles. The van der Waals surface area contributed by atoms with Crippen LogP contribution < -0.4 is 0 Å². The number of hydrogen-bond donors (Lipinski definition) is 0. The van der Waals surface area contributed by atoms with Crippen LogP contribution in [0.5, 0.6) is 0 Å². The van der Waals surface area contributed by atoms with Gasteiger partial charge < -0.3 is 0 Å². The third kappa shape index (κ3) is 1.62. The van der Waals surface area contributed by atoms with Crippen molar-refractivity contribution in [2.45, 2.75) is 19.3 Å². The van der Waals surface area contributed by atoms with E-state index in [1.165, 1.54) is 12.1 Å². The molecule has 0 amide bonds. The average Bonchev–Trinajstić information content (AvgIpc) is 2.85. The molecule has 1 aromatic rings. The molecule has 0 bridgehead atoms. The van der Waals surface area contributed by atoms with Crippen LogP contribution in [0, 0.1) is 11.7 Å². The van der Waals surface area contributed by atoms with Crippen LogP contribution in [0.4, 0.5) is 4.39 Å². The molecule has 0 aliphatic heterocycles. The topological polar surface area (TPSA) is 17.1 Å². The second-order valence-electron chi connectivity index (χ2n) is 3.61. The molecule has 68 valence electrons. The molecule has 1 aliphatic carbocycles. The monoisotopic (exact) mass is 178 g/mol. The SMILES string of the molecule is CC(=O)[C@@H]1C[C@H]1c1ccc(F)cc1. The molecule has 0 N–H and O–H groups in total. The van der Waals surface area contributed by atoms with Crippen LogP contribution in [-0.4, -0.2) is 5.78 Å². The highest BCUT2D eigenvalue weighted by Gasteiger charge is 2.41. The first-order valence-corrected chi connectivity index (χ1v) is 4.44. The van der Waals surface area contributed by atoms with E-state index < -0.39 is 0 Å². The molecule has 2 heteroatoms. The number of carbonyl (C=O) groups excluding carboxylic acids is 1. The van der Waals surface area contributed by atoms with E-state index in [4.69, 9.17) is 0 Å². The first-order chi connectivity index (χ1) is 6.18. The molecular formula is C11H11FO. The lowest BCUT2D eigenvalue weighted by molar-refractivity contribution is -0.118. The summed E-state index contributed by atoms with van der Waals surface area (Å²) < 4.78 is 12.6. The van der Waals surface area contributed by atoms with E-state index in [1.54, 1.807) is 19.1 Å². The van der Waals surface area contributed by atoms with E-state index in [0.29, 0.717) is 5.92 Å². The highest BCUT2D eigenvalue weighted by atomic mass is 19.1. The standard InChI is InChI=1S/C11H11FO/c1-7(13)10-6-11(10)8-2-4-9(12)5-3-8/h2-5,10-11H,6H2,1H3/t10-,11-/m0/s1. The Kier molecular flexibility index (Phi) is 1.91. The van der Waals surface area contributed by atoms with Crippen LogP contribution in [0.3, 0.4) is 0 Å². The largest absolute Gasteiger partial charge is 0.300 e. The summed E-state index contributed by atoms with van der Waals surface area (Å²) in [5.74, 6) is 0.557. The molecule has 1 aliphatic rings. The van der Waals surface area contributed by atoms with Gasteiger partial charge in [-0.1, -0.05) is 12.1 Å². The first-order valence-electron chi connectivity index (χ1n) is 4.44. The fourth-order valence-corrected chi connectivity index (χ4v) is 1.72. The van der Waals surface area contributed by atoms with E-state index in [9.17, 15) is 9.18 Å². The third-order valence-corrected chi connectivity index (χ3v) is 2.61. The Morgan fingerprint density at radius 2 is 2.00 bits per heavy atom. The Bertz CT molecular complexity index is 328. The van der Waals surface area contributed by atoms with Crippen molar-refractivity contribution in [3.05, 3.63) is 35.6 Å². The predicted octanol–water partition coefficient (Wildman–Crippen LogP) is 2.52. The van der Waals surface area contributed by atoms with Gasteiger partial charge in [-0.25, -0.2) is 4.39 Å².